The molecule has 6 heteroatoms. The number of hydrogen-bond acceptors (Lipinski definition) is 4. The average Bonchev–Trinajstić information content (AvgIpc) is 2.70. The molecule has 2 saturated heterocycles. The van der Waals surface area contributed by atoms with Crippen LogP contribution in [0.1, 0.15) is 26.2 Å². The topological polar surface area (TPSA) is 78.7 Å². The summed E-state index contributed by atoms with van der Waals surface area (Å²) in [7, 11) is 0. The van der Waals surface area contributed by atoms with E-state index in [9.17, 15) is 9.59 Å². The van der Waals surface area contributed by atoms with Gasteiger partial charge in [-0.15, -0.1) is 0 Å². The maximum atomic E-state index is 11.5. The second-order valence-corrected chi connectivity index (χ2v) is 4.90. The summed E-state index contributed by atoms with van der Waals surface area (Å²) in [6.07, 6.45) is 2.04. The van der Waals surface area contributed by atoms with Crippen molar-refractivity contribution in [2.45, 2.75) is 38.3 Å². The Morgan fingerprint density at radius 2 is 2.35 bits per heavy atom. The number of hydrogen-bond donors (Lipinski definition) is 2. The number of amides is 2. The van der Waals surface area contributed by atoms with Crippen LogP contribution in [0.25, 0.3) is 0 Å². The highest BCUT2D eigenvalue weighted by atomic mass is 16.2. The van der Waals surface area contributed by atoms with Crippen LogP contribution in [-0.2, 0) is 9.59 Å². The molecule has 0 bridgehead atoms. The number of nitrogens with one attached hydrogen (secondary N) is 1. The molecule has 0 saturated carbocycles. The fourth-order valence-corrected chi connectivity index (χ4v) is 2.75. The van der Waals surface area contributed by atoms with Gasteiger partial charge in [-0.2, -0.15) is 0 Å². The number of nitrogens with zero attached hydrogens (tertiary/aromatic N) is 2. The first kappa shape index (κ1) is 12.3. The first-order chi connectivity index (χ1) is 8.11. The molecule has 0 aromatic heterocycles. The standard InChI is InChI=1S/C11H20N4O2/c1-8(6-10(16)13-12)14-4-5-15-9(7-14)2-3-11(15)17/h8-9H,2-7,12H2,1H3,(H,13,16). The van der Waals surface area contributed by atoms with Gasteiger partial charge in [-0.3, -0.25) is 19.9 Å². The summed E-state index contributed by atoms with van der Waals surface area (Å²) in [5.74, 6) is 5.23. The Labute approximate surface area is 101 Å². The number of carbonyl (C=O) groups excluding carboxylic acids is 2. The Morgan fingerprint density at radius 3 is 3.06 bits per heavy atom. The summed E-state index contributed by atoms with van der Waals surface area (Å²) in [6.45, 7) is 4.55. The van der Waals surface area contributed by atoms with Crippen LogP contribution in [0.3, 0.4) is 0 Å². The van der Waals surface area contributed by atoms with E-state index in [2.05, 4.69) is 10.3 Å². The lowest BCUT2D eigenvalue weighted by Crippen LogP contribution is -2.54. The molecule has 2 rings (SSSR count). The molecular formula is C11H20N4O2. The van der Waals surface area contributed by atoms with Crippen LogP contribution >= 0.6 is 0 Å². The molecule has 96 valence electrons. The van der Waals surface area contributed by atoms with Crippen molar-refractivity contribution in [3.63, 3.8) is 0 Å². The molecular weight excluding hydrogens is 220 g/mol. The van der Waals surface area contributed by atoms with E-state index >= 15 is 0 Å². The molecule has 2 amide bonds. The Morgan fingerprint density at radius 1 is 1.59 bits per heavy atom. The molecule has 2 heterocycles. The predicted molar refractivity (Wildman–Crippen MR) is 62.7 cm³/mol. The van der Waals surface area contributed by atoms with Crippen LogP contribution in [0, 0.1) is 0 Å². The molecule has 2 atom stereocenters. The molecule has 17 heavy (non-hydrogen) atoms. The van der Waals surface area contributed by atoms with Gasteiger partial charge in [0.05, 0.1) is 0 Å². The number of fused-ring (bicyclic) bond motifs is 1. The van der Waals surface area contributed by atoms with Gasteiger partial charge < -0.3 is 4.90 Å². The van der Waals surface area contributed by atoms with Gasteiger partial charge in [0.15, 0.2) is 0 Å². The third-order valence-corrected chi connectivity index (χ3v) is 3.79. The highest BCUT2D eigenvalue weighted by Crippen LogP contribution is 2.24. The van der Waals surface area contributed by atoms with Gasteiger partial charge >= 0.3 is 0 Å². The zero-order chi connectivity index (χ0) is 12.4. The van der Waals surface area contributed by atoms with Crippen molar-refractivity contribution >= 4 is 11.8 Å². The Balaban J connectivity index is 1.88. The zero-order valence-corrected chi connectivity index (χ0v) is 10.2. The summed E-state index contributed by atoms with van der Waals surface area (Å²) < 4.78 is 0. The van der Waals surface area contributed by atoms with Crippen molar-refractivity contribution in [2.24, 2.45) is 5.84 Å². The van der Waals surface area contributed by atoms with Gasteiger partial charge in [0.1, 0.15) is 0 Å². The van der Waals surface area contributed by atoms with Crippen molar-refractivity contribution in [1.82, 2.24) is 15.2 Å². The maximum absolute atomic E-state index is 11.5. The molecule has 6 nitrogen and oxygen atoms in total. The fourth-order valence-electron chi connectivity index (χ4n) is 2.75. The maximum Gasteiger partial charge on any atom is 0.235 e. The number of rotatable bonds is 3. The van der Waals surface area contributed by atoms with Crippen molar-refractivity contribution < 1.29 is 9.59 Å². The summed E-state index contributed by atoms with van der Waals surface area (Å²) in [6, 6.07) is 0.524. The molecule has 0 spiro atoms. The molecule has 0 radical (unpaired) electrons. The summed E-state index contributed by atoms with van der Waals surface area (Å²) >= 11 is 0. The molecule has 0 aromatic carbocycles. The number of hydrazine groups is 1. The second-order valence-electron chi connectivity index (χ2n) is 4.90. The van der Waals surface area contributed by atoms with Crippen LogP contribution in [0.15, 0.2) is 0 Å². The van der Waals surface area contributed by atoms with Gasteiger partial charge in [-0.05, 0) is 13.3 Å². The lowest BCUT2D eigenvalue weighted by atomic mass is 10.1. The first-order valence-electron chi connectivity index (χ1n) is 6.14. The Hall–Kier alpha value is -1.14. The predicted octanol–water partition coefficient (Wildman–Crippen LogP) is -0.938. The molecule has 3 N–H and O–H groups in total. The van der Waals surface area contributed by atoms with Gasteiger partial charge in [0.2, 0.25) is 11.8 Å². The normalized spacial score (nSPS) is 26.8. The first-order valence-corrected chi connectivity index (χ1v) is 6.14. The Kier molecular flexibility index (Phi) is 3.63. The quantitative estimate of drug-likeness (QED) is 0.379. The van der Waals surface area contributed by atoms with Crippen molar-refractivity contribution in [3.8, 4) is 0 Å². The highest BCUT2D eigenvalue weighted by molar-refractivity contribution is 5.79. The number of carbonyl (C=O) groups is 2. The van der Waals surface area contributed by atoms with Crippen LogP contribution in [0.5, 0.6) is 0 Å². The fraction of sp³-hybridized carbons (Fsp3) is 0.818. The van der Waals surface area contributed by atoms with E-state index in [-0.39, 0.29) is 17.9 Å². The van der Waals surface area contributed by atoms with E-state index in [4.69, 9.17) is 5.84 Å². The lowest BCUT2D eigenvalue weighted by molar-refractivity contribution is -0.131. The van der Waals surface area contributed by atoms with Crippen molar-refractivity contribution in [3.05, 3.63) is 0 Å². The largest absolute Gasteiger partial charge is 0.337 e. The molecule has 2 unspecified atom stereocenters. The molecule has 2 aliphatic rings. The van der Waals surface area contributed by atoms with Crippen molar-refractivity contribution in [1.29, 1.82) is 0 Å². The molecule has 2 aliphatic heterocycles. The average molecular weight is 240 g/mol. The SMILES string of the molecule is CC(CC(=O)NN)N1CCN2C(=O)CCC2C1. The van der Waals surface area contributed by atoms with Gasteiger partial charge in [-0.25, -0.2) is 5.84 Å². The lowest BCUT2D eigenvalue weighted by Gasteiger charge is -2.40. The van der Waals surface area contributed by atoms with E-state index in [1.165, 1.54) is 0 Å². The third kappa shape index (κ3) is 2.58. The van der Waals surface area contributed by atoms with E-state index < -0.39 is 0 Å². The minimum atomic E-state index is -0.137. The smallest absolute Gasteiger partial charge is 0.235 e. The van der Waals surface area contributed by atoms with Gasteiger partial charge in [0, 0.05) is 44.6 Å². The number of nitrogens with two attached hydrogens (primary N) is 1. The van der Waals surface area contributed by atoms with E-state index in [1.54, 1.807) is 0 Å². The van der Waals surface area contributed by atoms with Gasteiger partial charge in [0.25, 0.3) is 0 Å². The monoisotopic (exact) mass is 240 g/mol. The summed E-state index contributed by atoms with van der Waals surface area (Å²) in [5, 5.41) is 0. The van der Waals surface area contributed by atoms with Crippen molar-refractivity contribution in [2.75, 3.05) is 19.6 Å². The van der Waals surface area contributed by atoms with Crippen LogP contribution in [-0.4, -0.2) is 53.3 Å². The second kappa shape index (κ2) is 5.01. The molecule has 0 aromatic rings. The minimum absolute atomic E-state index is 0.137. The third-order valence-electron chi connectivity index (χ3n) is 3.79. The van der Waals surface area contributed by atoms with E-state index in [1.807, 2.05) is 11.8 Å². The van der Waals surface area contributed by atoms with E-state index in [0.29, 0.717) is 18.9 Å². The highest BCUT2D eigenvalue weighted by Gasteiger charge is 2.36. The molecule has 0 aliphatic carbocycles. The van der Waals surface area contributed by atoms with Gasteiger partial charge in [-0.1, -0.05) is 0 Å². The summed E-state index contributed by atoms with van der Waals surface area (Å²) in [4.78, 5) is 27.0. The van der Waals surface area contributed by atoms with E-state index in [0.717, 1.165) is 26.1 Å². The van der Waals surface area contributed by atoms with Crippen LogP contribution < -0.4 is 11.3 Å². The summed E-state index contributed by atoms with van der Waals surface area (Å²) in [5.41, 5.74) is 2.16. The Bertz CT molecular complexity index is 321. The van der Waals surface area contributed by atoms with Crippen LogP contribution in [0.4, 0.5) is 0 Å². The molecule has 2 fully saturated rings. The zero-order valence-electron chi connectivity index (χ0n) is 10.2. The minimum Gasteiger partial charge on any atom is -0.337 e. The van der Waals surface area contributed by atoms with Crippen LogP contribution in [0.2, 0.25) is 0 Å². The number of piperazine rings is 1.